The van der Waals surface area contributed by atoms with E-state index in [-0.39, 0.29) is 5.82 Å². The fourth-order valence-electron chi connectivity index (χ4n) is 2.91. The lowest BCUT2D eigenvalue weighted by molar-refractivity contribution is 0.129. The van der Waals surface area contributed by atoms with Gasteiger partial charge in [-0.2, -0.15) is 5.26 Å². The van der Waals surface area contributed by atoms with E-state index in [2.05, 4.69) is 6.07 Å². The molecule has 110 valence electrons. The van der Waals surface area contributed by atoms with Crippen molar-refractivity contribution >= 4 is 6.09 Å². The molecule has 1 heterocycles. The van der Waals surface area contributed by atoms with Gasteiger partial charge < -0.3 is 5.11 Å². The van der Waals surface area contributed by atoms with Gasteiger partial charge in [0.1, 0.15) is 5.82 Å². The summed E-state index contributed by atoms with van der Waals surface area (Å²) in [7, 11) is 0. The molecule has 22 heavy (non-hydrogen) atoms. The number of fused-ring (bicyclic) bond motifs is 1. The van der Waals surface area contributed by atoms with E-state index in [1.807, 2.05) is 0 Å². The molecule has 0 radical (unpaired) electrons. The number of carboxylic acid groups (broad SMARTS) is 1. The molecule has 0 spiro atoms. The second-order valence-corrected chi connectivity index (χ2v) is 5.21. The van der Waals surface area contributed by atoms with Gasteiger partial charge in [-0.05, 0) is 47.4 Å². The number of benzene rings is 2. The highest BCUT2D eigenvalue weighted by atomic mass is 19.1. The zero-order valence-corrected chi connectivity index (χ0v) is 11.7. The second-order valence-electron chi connectivity index (χ2n) is 5.21. The third kappa shape index (κ3) is 2.40. The first kappa shape index (κ1) is 14.1. The maximum absolute atomic E-state index is 13.1. The lowest BCUT2D eigenvalue weighted by atomic mass is 9.87. The van der Waals surface area contributed by atoms with Crippen LogP contribution in [0.4, 0.5) is 9.18 Å². The quantitative estimate of drug-likeness (QED) is 0.878. The van der Waals surface area contributed by atoms with Crippen LogP contribution in [0.3, 0.4) is 0 Å². The highest BCUT2D eigenvalue weighted by Crippen LogP contribution is 2.35. The molecule has 0 saturated carbocycles. The number of hydrogen-bond acceptors (Lipinski definition) is 2. The van der Waals surface area contributed by atoms with E-state index in [1.54, 1.807) is 30.3 Å². The van der Waals surface area contributed by atoms with Gasteiger partial charge in [0, 0.05) is 6.54 Å². The first-order valence-electron chi connectivity index (χ1n) is 6.88. The SMILES string of the molecule is N#Cc1ccc2c(c1)CCN(C(=O)O)[C@H]2c1ccc(F)cc1. The average Bonchev–Trinajstić information content (AvgIpc) is 2.54. The fourth-order valence-corrected chi connectivity index (χ4v) is 2.91. The first-order chi connectivity index (χ1) is 10.6. The van der Waals surface area contributed by atoms with Crippen LogP contribution in [0, 0.1) is 17.1 Å². The van der Waals surface area contributed by atoms with Crippen molar-refractivity contribution in [2.24, 2.45) is 0 Å². The molecule has 1 aliphatic rings. The van der Waals surface area contributed by atoms with Crippen molar-refractivity contribution < 1.29 is 14.3 Å². The van der Waals surface area contributed by atoms with Crippen LogP contribution in [0.2, 0.25) is 0 Å². The lowest BCUT2D eigenvalue weighted by Gasteiger charge is -2.35. The van der Waals surface area contributed by atoms with Crippen molar-refractivity contribution in [2.75, 3.05) is 6.54 Å². The second kappa shape index (κ2) is 5.49. The molecular weight excluding hydrogens is 283 g/mol. The summed E-state index contributed by atoms with van der Waals surface area (Å²) in [5.74, 6) is -0.360. The van der Waals surface area contributed by atoms with Crippen molar-refractivity contribution in [2.45, 2.75) is 12.5 Å². The third-order valence-corrected chi connectivity index (χ3v) is 3.93. The molecular formula is C17H13FN2O2. The van der Waals surface area contributed by atoms with E-state index in [4.69, 9.17) is 5.26 Å². The normalized spacial score (nSPS) is 16.7. The first-order valence-corrected chi connectivity index (χ1v) is 6.88. The largest absolute Gasteiger partial charge is 0.465 e. The number of nitrogens with zero attached hydrogens (tertiary/aromatic N) is 2. The minimum absolute atomic E-state index is 0.346. The highest BCUT2D eigenvalue weighted by molar-refractivity contribution is 5.68. The molecule has 0 aromatic heterocycles. The number of halogens is 1. The Morgan fingerprint density at radius 1 is 1.27 bits per heavy atom. The molecule has 3 rings (SSSR count). The smallest absolute Gasteiger partial charge is 0.408 e. The van der Waals surface area contributed by atoms with Gasteiger partial charge in [0.15, 0.2) is 0 Å². The molecule has 4 nitrogen and oxygen atoms in total. The van der Waals surface area contributed by atoms with Crippen LogP contribution in [-0.2, 0) is 6.42 Å². The van der Waals surface area contributed by atoms with Crippen molar-refractivity contribution in [1.29, 1.82) is 5.26 Å². The van der Waals surface area contributed by atoms with Crippen molar-refractivity contribution in [1.82, 2.24) is 4.90 Å². The molecule has 2 aromatic rings. The average molecular weight is 296 g/mol. The molecule has 0 bridgehead atoms. The summed E-state index contributed by atoms with van der Waals surface area (Å²) >= 11 is 0. The summed E-state index contributed by atoms with van der Waals surface area (Å²) in [5, 5.41) is 18.4. The van der Waals surface area contributed by atoms with Crippen LogP contribution >= 0.6 is 0 Å². The van der Waals surface area contributed by atoms with E-state index in [1.165, 1.54) is 17.0 Å². The summed E-state index contributed by atoms with van der Waals surface area (Å²) < 4.78 is 13.1. The minimum Gasteiger partial charge on any atom is -0.465 e. The zero-order valence-electron chi connectivity index (χ0n) is 11.7. The van der Waals surface area contributed by atoms with Crippen LogP contribution in [0.25, 0.3) is 0 Å². The van der Waals surface area contributed by atoms with Crippen LogP contribution in [0.15, 0.2) is 42.5 Å². The van der Waals surface area contributed by atoms with E-state index in [9.17, 15) is 14.3 Å². The topological polar surface area (TPSA) is 64.3 Å². The summed E-state index contributed by atoms with van der Waals surface area (Å²) in [6.07, 6.45) is -0.446. The van der Waals surface area contributed by atoms with Crippen LogP contribution in [0.1, 0.15) is 28.3 Å². The minimum atomic E-state index is -1.01. The van der Waals surface area contributed by atoms with E-state index < -0.39 is 12.1 Å². The molecule has 1 aliphatic heterocycles. The van der Waals surface area contributed by atoms with Crippen LogP contribution in [-0.4, -0.2) is 22.6 Å². The number of carbonyl (C=O) groups is 1. The Morgan fingerprint density at radius 2 is 2.00 bits per heavy atom. The van der Waals surface area contributed by atoms with Gasteiger partial charge in [-0.25, -0.2) is 9.18 Å². The predicted molar refractivity (Wildman–Crippen MR) is 77.8 cm³/mol. The molecule has 0 unspecified atom stereocenters. The van der Waals surface area contributed by atoms with Gasteiger partial charge in [0.25, 0.3) is 0 Å². The fraction of sp³-hybridized carbons (Fsp3) is 0.176. The predicted octanol–water partition coefficient (Wildman–Crippen LogP) is 3.32. The molecule has 0 saturated heterocycles. The van der Waals surface area contributed by atoms with E-state index in [0.717, 1.165) is 16.7 Å². The summed E-state index contributed by atoms with van der Waals surface area (Å²) in [4.78, 5) is 12.9. The Labute approximate surface area is 127 Å². The molecule has 1 amide bonds. The maximum Gasteiger partial charge on any atom is 0.408 e. The number of nitriles is 1. The Kier molecular flexibility index (Phi) is 3.51. The number of hydrogen-bond donors (Lipinski definition) is 1. The van der Waals surface area contributed by atoms with Gasteiger partial charge >= 0.3 is 6.09 Å². The maximum atomic E-state index is 13.1. The van der Waals surface area contributed by atoms with Gasteiger partial charge in [-0.3, -0.25) is 4.90 Å². The number of rotatable bonds is 1. The van der Waals surface area contributed by atoms with Crippen molar-refractivity contribution in [3.8, 4) is 6.07 Å². The van der Waals surface area contributed by atoms with Crippen molar-refractivity contribution in [3.63, 3.8) is 0 Å². The van der Waals surface area contributed by atoms with Crippen LogP contribution < -0.4 is 0 Å². The zero-order chi connectivity index (χ0) is 15.7. The highest BCUT2D eigenvalue weighted by Gasteiger charge is 2.32. The van der Waals surface area contributed by atoms with Gasteiger partial charge in [0.2, 0.25) is 0 Å². The van der Waals surface area contributed by atoms with E-state index in [0.29, 0.717) is 18.5 Å². The number of amides is 1. The van der Waals surface area contributed by atoms with E-state index >= 15 is 0 Å². The Bertz CT molecular complexity index is 765. The molecule has 0 fully saturated rings. The van der Waals surface area contributed by atoms with Gasteiger partial charge in [0.05, 0.1) is 17.7 Å². The molecule has 5 heteroatoms. The van der Waals surface area contributed by atoms with Crippen LogP contribution in [0.5, 0.6) is 0 Å². The summed E-state index contributed by atoms with van der Waals surface area (Å²) in [5.41, 5.74) is 3.08. The molecule has 0 aliphatic carbocycles. The molecule has 1 atom stereocenters. The standard InChI is InChI=1S/C17H13FN2O2/c18-14-4-2-12(3-5-14)16-15-6-1-11(10-19)9-13(15)7-8-20(16)17(21)22/h1-6,9,16H,7-8H2,(H,21,22)/t16-/m0/s1. The Balaban J connectivity index is 2.13. The Hall–Kier alpha value is -2.87. The third-order valence-electron chi connectivity index (χ3n) is 3.93. The lowest BCUT2D eigenvalue weighted by Crippen LogP contribution is -2.39. The van der Waals surface area contributed by atoms with Gasteiger partial charge in [-0.15, -0.1) is 0 Å². The molecule has 2 aromatic carbocycles. The van der Waals surface area contributed by atoms with Gasteiger partial charge in [-0.1, -0.05) is 18.2 Å². The monoisotopic (exact) mass is 296 g/mol. The summed E-state index contributed by atoms with van der Waals surface area (Å²) in [6.45, 7) is 0.346. The van der Waals surface area contributed by atoms with Crippen molar-refractivity contribution in [3.05, 3.63) is 70.5 Å². The Morgan fingerprint density at radius 3 is 2.64 bits per heavy atom. The summed E-state index contributed by atoms with van der Waals surface area (Å²) in [6, 6.07) is 12.7. The molecule has 1 N–H and O–H groups in total.